The molecule has 30 heavy (non-hydrogen) atoms. The average molecular weight is 406 g/mol. The highest BCUT2D eigenvalue weighted by Crippen LogP contribution is 2.37. The first-order chi connectivity index (χ1) is 14.7. The second-order valence-corrected chi connectivity index (χ2v) is 8.00. The summed E-state index contributed by atoms with van der Waals surface area (Å²) >= 11 is 0. The van der Waals surface area contributed by atoms with Crippen LogP contribution >= 0.6 is 0 Å². The molecule has 2 saturated heterocycles. The highest BCUT2D eigenvalue weighted by atomic mass is 19.1. The third-order valence-corrected chi connectivity index (χ3v) is 6.11. The van der Waals surface area contributed by atoms with Crippen LogP contribution in [-0.4, -0.2) is 49.7 Å². The number of pyridine rings is 2. The molecular formula is C21H23FN8. The van der Waals surface area contributed by atoms with Gasteiger partial charge in [0.25, 0.3) is 0 Å². The SMILES string of the molecule is N#CCCN1[C@@H]2CC[C@H]1CC(Nc1nc(Nc3cc(F)[nH]n3)cc3ncccc13)C2. The molecule has 0 aromatic carbocycles. The van der Waals surface area contributed by atoms with Crippen molar-refractivity contribution in [3.63, 3.8) is 0 Å². The largest absolute Gasteiger partial charge is 0.367 e. The molecule has 0 amide bonds. The molecule has 3 aromatic heterocycles. The summed E-state index contributed by atoms with van der Waals surface area (Å²) in [7, 11) is 0. The van der Waals surface area contributed by atoms with Gasteiger partial charge in [-0.1, -0.05) is 0 Å². The third kappa shape index (κ3) is 3.66. The summed E-state index contributed by atoms with van der Waals surface area (Å²) < 4.78 is 13.2. The maximum absolute atomic E-state index is 13.2. The van der Waals surface area contributed by atoms with Crippen LogP contribution in [0.4, 0.5) is 21.8 Å². The predicted octanol–water partition coefficient (Wildman–Crippen LogP) is 3.56. The number of H-pyrrole nitrogens is 1. The quantitative estimate of drug-likeness (QED) is 0.575. The molecule has 0 aliphatic carbocycles. The zero-order valence-corrected chi connectivity index (χ0v) is 16.5. The molecule has 2 fully saturated rings. The van der Waals surface area contributed by atoms with Crippen molar-refractivity contribution < 1.29 is 4.39 Å². The molecule has 5 rings (SSSR count). The van der Waals surface area contributed by atoms with Gasteiger partial charge in [-0.05, 0) is 37.8 Å². The maximum Gasteiger partial charge on any atom is 0.211 e. The molecule has 3 N–H and O–H groups in total. The van der Waals surface area contributed by atoms with E-state index in [1.165, 1.54) is 18.9 Å². The smallest absolute Gasteiger partial charge is 0.211 e. The number of aromatic amines is 1. The van der Waals surface area contributed by atoms with E-state index >= 15 is 0 Å². The molecule has 3 aromatic rings. The van der Waals surface area contributed by atoms with E-state index in [1.54, 1.807) is 6.20 Å². The van der Waals surface area contributed by atoms with Crippen LogP contribution in [0.25, 0.3) is 10.9 Å². The number of anilines is 3. The molecule has 154 valence electrons. The number of nitriles is 1. The topological polar surface area (TPSA) is 106 Å². The van der Waals surface area contributed by atoms with Crippen LogP contribution in [0.5, 0.6) is 0 Å². The maximum atomic E-state index is 13.2. The Balaban J connectivity index is 1.38. The predicted molar refractivity (Wildman–Crippen MR) is 112 cm³/mol. The van der Waals surface area contributed by atoms with E-state index < -0.39 is 5.95 Å². The van der Waals surface area contributed by atoms with Crippen LogP contribution in [0.2, 0.25) is 0 Å². The number of fused-ring (bicyclic) bond motifs is 3. The molecule has 0 spiro atoms. The fraction of sp³-hybridized carbons (Fsp3) is 0.429. The number of hydrogen-bond acceptors (Lipinski definition) is 7. The van der Waals surface area contributed by atoms with Gasteiger partial charge in [-0.15, -0.1) is 0 Å². The first-order valence-electron chi connectivity index (χ1n) is 10.3. The van der Waals surface area contributed by atoms with E-state index in [2.05, 4.69) is 36.8 Å². The van der Waals surface area contributed by atoms with Gasteiger partial charge in [-0.25, -0.2) is 4.98 Å². The summed E-state index contributed by atoms with van der Waals surface area (Å²) in [5.74, 6) is 1.19. The van der Waals surface area contributed by atoms with Gasteiger partial charge >= 0.3 is 0 Å². The molecule has 9 heteroatoms. The van der Waals surface area contributed by atoms with Gasteiger partial charge in [0.1, 0.15) is 11.6 Å². The minimum Gasteiger partial charge on any atom is -0.367 e. The van der Waals surface area contributed by atoms with Crippen molar-refractivity contribution in [2.75, 3.05) is 17.2 Å². The van der Waals surface area contributed by atoms with Crippen molar-refractivity contribution in [1.29, 1.82) is 5.26 Å². The van der Waals surface area contributed by atoms with Crippen molar-refractivity contribution in [2.45, 2.75) is 50.2 Å². The van der Waals surface area contributed by atoms with Crippen molar-refractivity contribution in [1.82, 2.24) is 25.1 Å². The summed E-state index contributed by atoms with van der Waals surface area (Å²) in [5, 5.41) is 22.7. The molecule has 0 saturated carbocycles. The Morgan fingerprint density at radius 1 is 1.23 bits per heavy atom. The fourth-order valence-corrected chi connectivity index (χ4v) is 4.87. The lowest BCUT2D eigenvalue weighted by Gasteiger charge is -2.39. The highest BCUT2D eigenvalue weighted by Gasteiger charge is 2.40. The van der Waals surface area contributed by atoms with E-state index in [9.17, 15) is 4.39 Å². The standard InChI is InChI=1S/C21H23FN8/c22-18-12-20(29-28-18)26-19-11-17-16(3-1-7-24-17)21(27-19)25-13-9-14-4-5-15(10-13)30(14)8-2-6-23/h1,3,7,11-15H,2,4-5,8-10H2,(H3,25,26,27,28,29)/t13?,14-,15+. The molecule has 8 nitrogen and oxygen atoms in total. The number of halogens is 1. The van der Waals surface area contributed by atoms with Crippen molar-refractivity contribution in [3.05, 3.63) is 36.4 Å². The molecule has 3 atom stereocenters. The average Bonchev–Trinajstić information content (AvgIpc) is 3.25. The van der Waals surface area contributed by atoms with Crippen LogP contribution in [-0.2, 0) is 0 Å². The number of piperidine rings is 1. The first kappa shape index (κ1) is 18.8. The molecule has 0 radical (unpaired) electrons. The summed E-state index contributed by atoms with van der Waals surface area (Å²) in [4.78, 5) is 11.7. The second-order valence-electron chi connectivity index (χ2n) is 8.00. The molecular weight excluding hydrogens is 383 g/mol. The molecule has 5 heterocycles. The molecule has 1 unspecified atom stereocenters. The van der Waals surface area contributed by atoms with Gasteiger partial charge in [0.2, 0.25) is 5.95 Å². The summed E-state index contributed by atoms with van der Waals surface area (Å²) in [6, 6.07) is 10.7. The van der Waals surface area contributed by atoms with E-state index in [-0.39, 0.29) is 0 Å². The lowest BCUT2D eigenvalue weighted by Crippen LogP contribution is -2.47. The number of nitrogens with zero attached hydrogens (tertiary/aromatic N) is 5. The second kappa shape index (κ2) is 7.88. The Bertz CT molecular complexity index is 1080. The summed E-state index contributed by atoms with van der Waals surface area (Å²) in [6.07, 6.45) is 6.79. The molecule has 2 aliphatic heterocycles. The minimum atomic E-state index is -0.506. The lowest BCUT2D eigenvalue weighted by molar-refractivity contribution is 0.136. The summed E-state index contributed by atoms with van der Waals surface area (Å²) in [5.41, 5.74) is 0.808. The lowest BCUT2D eigenvalue weighted by atomic mass is 9.97. The van der Waals surface area contributed by atoms with Crippen molar-refractivity contribution in [2.24, 2.45) is 0 Å². The van der Waals surface area contributed by atoms with Crippen molar-refractivity contribution >= 4 is 28.4 Å². The van der Waals surface area contributed by atoms with Gasteiger partial charge in [-0.3, -0.25) is 15.0 Å². The Labute approximate surface area is 173 Å². The van der Waals surface area contributed by atoms with Gasteiger partial charge in [0.15, 0.2) is 5.82 Å². The van der Waals surface area contributed by atoms with Crippen LogP contribution < -0.4 is 10.6 Å². The van der Waals surface area contributed by atoms with Gasteiger partial charge < -0.3 is 10.6 Å². The van der Waals surface area contributed by atoms with Crippen LogP contribution in [0.1, 0.15) is 32.1 Å². The van der Waals surface area contributed by atoms with Gasteiger partial charge in [0, 0.05) is 54.8 Å². The van der Waals surface area contributed by atoms with Gasteiger partial charge in [0.05, 0.1) is 11.6 Å². The van der Waals surface area contributed by atoms with Crippen LogP contribution in [0.3, 0.4) is 0 Å². The Kier molecular flexibility index (Phi) is 4.93. The van der Waals surface area contributed by atoms with E-state index in [4.69, 9.17) is 10.2 Å². The normalized spacial score (nSPS) is 23.4. The van der Waals surface area contributed by atoms with E-state index in [0.29, 0.717) is 36.2 Å². The zero-order chi connectivity index (χ0) is 20.5. The van der Waals surface area contributed by atoms with E-state index in [1.807, 2.05) is 18.2 Å². The number of rotatable bonds is 6. The van der Waals surface area contributed by atoms with Gasteiger partial charge in [-0.2, -0.15) is 14.8 Å². The zero-order valence-electron chi connectivity index (χ0n) is 16.5. The number of hydrogen-bond donors (Lipinski definition) is 3. The molecule has 2 aliphatic rings. The first-order valence-corrected chi connectivity index (χ1v) is 10.3. The van der Waals surface area contributed by atoms with Crippen LogP contribution in [0.15, 0.2) is 30.5 Å². The minimum absolute atomic E-state index is 0.315. The fourth-order valence-electron chi connectivity index (χ4n) is 4.87. The Morgan fingerprint density at radius 3 is 2.80 bits per heavy atom. The number of nitrogens with one attached hydrogen (secondary N) is 3. The Morgan fingerprint density at radius 2 is 2.07 bits per heavy atom. The summed E-state index contributed by atoms with van der Waals surface area (Å²) in [6.45, 7) is 0.864. The van der Waals surface area contributed by atoms with E-state index in [0.717, 1.165) is 36.1 Å². The van der Waals surface area contributed by atoms with Crippen molar-refractivity contribution in [3.8, 4) is 6.07 Å². The highest BCUT2D eigenvalue weighted by molar-refractivity contribution is 5.91. The Hall–Kier alpha value is -3.25. The van der Waals surface area contributed by atoms with Crippen LogP contribution in [0, 0.1) is 17.3 Å². The molecule has 2 bridgehead atoms. The third-order valence-electron chi connectivity index (χ3n) is 6.11. The monoisotopic (exact) mass is 406 g/mol. The number of aromatic nitrogens is 4.